The number of aromatic nitrogens is 3. The number of hydrogen-bond acceptors (Lipinski definition) is 7. The first-order chi connectivity index (χ1) is 15.0. The average Bonchev–Trinajstić information content (AvgIpc) is 3.25. The summed E-state index contributed by atoms with van der Waals surface area (Å²) in [6, 6.07) is 5.07. The number of fused-ring (bicyclic) bond motifs is 2. The molecule has 2 unspecified atom stereocenters. The Morgan fingerprint density at radius 3 is 2.94 bits per heavy atom. The SMILES string of the molecule is Cc1ncnc2c1c(F)cn2C1CC(Oc2cc(C#N)cc3c2CNCC3)[C@@H](O)[C@H]1O. The van der Waals surface area contributed by atoms with E-state index >= 15 is 0 Å². The second kappa shape index (κ2) is 7.57. The van der Waals surface area contributed by atoms with Gasteiger partial charge in [0.25, 0.3) is 0 Å². The molecule has 1 aliphatic carbocycles. The maximum Gasteiger partial charge on any atom is 0.152 e. The Morgan fingerprint density at radius 1 is 1.29 bits per heavy atom. The maximum atomic E-state index is 14.5. The first-order valence-corrected chi connectivity index (χ1v) is 10.2. The van der Waals surface area contributed by atoms with Crippen molar-refractivity contribution in [3.63, 3.8) is 0 Å². The lowest BCUT2D eigenvalue weighted by Crippen LogP contribution is -2.35. The lowest BCUT2D eigenvalue weighted by molar-refractivity contribution is -0.0166. The van der Waals surface area contributed by atoms with Gasteiger partial charge < -0.3 is 24.8 Å². The monoisotopic (exact) mass is 423 g/mol. The van der Waals surface area contributed by atoms with E-state index in [1.165, 1.54) is 12.5 Å². The van der Waals surface area contributed by atoms with Crippen LogP contribution in [0.3, 0.4) is 0 Å². The number of aliphatic hydroxyl groups excluding tert-OH is 2. The van der Waals surface area contributed by atoms with E-state index in [2.05, 4.69) is 21.4 Å². The molecular formula is C22H22FN5O3. The summed E-state index contributed by atoms with van der Waals surface area (Å²) in [6.45, 7) is 3.12. The zero-order chi connectivity index (χ0) is 21.7. The van der Waals surface area contributed by atoms with Crippen LogP contribution in [0, 0.1) is 24.1 Å². The molecular weight excluding hydrogens is 401 g/mol. The summed E-state index contributed by atoms with van der Waals surface area (Å²) in [5, 5.41) is 34.4. The molecule has 3 heterocycles. The molecule has 1 fully saturated rings. The first kappa shape index (κ1) is 19.9. The molecule has 4 atom stereocenters. The van der Waals surface area contributed by atoms with Gasteiger partial charge in [-0.25, -0.2) is 14.4 Å². The zero-order valence-corrected chi connectivity index (χ0v) is 16.9. The van der Waals surface area contributed by atoms with Crippen LogP contribution in [0.1, 0.15) is 34.8 Å². The van der Waals surface area contributed by atoms with Gasteiger partial charge >= 0.3 is 0 Å². The van der Waals surface area contributed by atoms with Crippen LogP contribution in [0.25, 0.3) is 11.0 Å². The van der Waals surface area contributed by atoms with Crippen LogP contribution in [-0.4, -0.2) is 49.6 Å². The number of nitriles is 1. The number of hydrogen-bond donors (Lipinski definition) is 3. The number of nitrogens with zero attached hydrogens (tertiary/aromatic N) is 4. The van der Waals surface area contributed by atoms with Crippen LogP contribution in [-0.2, 0) is 13.0 Å². The molecule has 2 aromatic heterocycles. The number of rotatable bonds is 3. The number of benzene rings is 1. The van der Waals surface area contributed by atoms with E-state index in [0.717, 1.165) is 24.1 Å². The van der Waals surface area contributed by atoms with E-state index in [-0.39, 0.29) is 6.42 Å². The minimum Gasteiger partial charge on any atom is -0.487 e. The van der Waals surface area contributed by atoms with Gasteiger partial charge in [-0.1, -0.05) is 0 Å². The van der Waals surface area contributed by atoms with Crippen LogP contribution < -0.4 is 10.1 Å². The van der Waals surface area contributed by atoms with Crippen LogP contribution in [0.15, 0.2) is 24.7 Å². The van der Waals surface area contributed by atoms with Gasteiger partial charge in [-0.3, -0.25) is 0 Å². The highest BCUT2D eigenvalue weighted by molar-refractivity contribution is 5.79. The summed E-state index contributed by atoms with van der Waals surface area (Å²) in [5.74, 6) is 0.0564. The number of halogens is 1. The molecule has 3 N–H and O–H groups in total. The van der Waals surface area contributed by atoms with E-state index in [1.54, 1.807) is 17.6 Å². The van der Waals surface area contributed by atoms with E-state index in [9.17, 15) is 19.9 Å². The number of nitrogens with one attached hydrogen (secondary N) is 1. The van der Waals surface area contributed by atoms with Gasteiger partial charge in [-0.15, -0.1) is 0 Å². The molecule has 3 aromatic rings. The average molecular weight is 423 g/mol. The molecule has 0 spiro atoms. The smallest absolute Gasteiger partial charge is 0.152 e. The minimum absolute atomic E-state index is 0.258. The van der Waals surface area contributed by atoms with Gasteiger partial charge in [0, 0.05) is 24.7 Å². The largest absolute Gasteiger partial charge is 0.487 e. The molecule has 5 rings (SSSR count). The van der Waals surface area contributed by atoms with Crippen molar-refractivity contribution in [2.24, 2.45) is 0 Å². The Kier molecular flexibility index (Phi) is 4.85. The second-order valence-electron chi connectivity index (χ2n) is 8.13. The lowest BCUT2D eigenvalue weighted by atomic mass is 9.97. The molecule has 2 aliphatic rings. The Morgan fingerprint density at radius 2 is 2.13 bits per heavy atom. The van der Waals surface area contributed by atoms with E-state index < -0.39 is 30.2 Å². The molecule has 160 valence electrons. The van der Waals surface area contributed by atoms with Gasteiger partial charge in [-0.2, -0.15) is 5.26 Å². The summed E-state index contributed by atoms with van der Waals surface area (Å²) in [7, 11) is 0. The van der Waals surface area contributed by atoms with Gasteiger partial charge in [0.2, 0.25) is 0 Å². The number of aliphatic hydroxyl groups is 2. The van der Waals surface area contributed by atoms with Gasteiger partial charge in [0.15, 0.2) is 5.82 Å². The van der Waals surface area contributed by atoms with E-state index in [1.807, 2.05) is 6.07 Å². The number of ether oxygens (including phenoxy) is 1. The van der Waals surface area contributed by atoms with Crippen molar-refractivity contribution >= 4 is 11.0 Å². The highest BCUT2D eigenvalue weighted by Gasteiger charge is 2.45. The summed E-state index contributed by atoms with van der Waals surface area (Å²) >= 11 is 0. The first-order valence-electron chi connectivity index (χ1n) is 10.2. The molecule has 0 bridgehead atoms. The minimum atomic E-state index is -1.17. The van der Waals surface area contributed by atoms with E-state index in [4.69, 9.17) is 4.74 Å². The normalized spacial score (nSPS) is 25.4. The third-order valence-electron chi connectivity index (χ3n) is 6.29. The Balaban J connectivity index is 1.48. The predicted octanol–water partition coefficient (Wildman–Crippen LogP) is 1.51. The molecule has 31 heavy (non-hydrogen) atoms. The molecule has 0 amide bonds. The molecule has 0 saturated heterocycles. The molecule has 0 radical (unpaired) electrons. The molecule has 9 heteroatoms. The third-order valence-corrected chi connectivity index (χ3v) is 6.29. The van der Waals surface area contributed by atoms with Gasteiger partial charge in [0.1, 0.15) is 36.0 Å². The highest BCUT2D eigenvalue weighted by atomic mass is 19.1. The standard InChI is InChI=1S/C22H22FN5O3/c1-11-19-15(23)9-28(22(19)27-10-26-11)16-6-18(21(30)20(16)29)31-17-5-12(7-24)4-13-2-3-25-8-14(13)17/h4-5,9-10,16,18,20-21,25,29-30H,2-3,6,8H2,1H3/t16?,18?,20-,21+/m0/s1. The van der Waals surface area contributed by atoms with Crippen molar-refractivity contribution in [3.8, 4) is 11.8 Å². The maximum absolute atomic E-state index is 14.5. The fourth-order valence-electron chi connectivity index (χ4n) is 4.69. The fourth-order valence-corrected chi connectivity index (χ4v) is 4.69. The molecule has 8 nitrogen and oxygen atoms in total. The van der Waals surface area contributed by atoms with Crippen LogP contribution in [0.2, 0.25) is 0 Å². The molecule has 1 aliphatic heterocycles. The van der Waals surface area contributed by atoms with Crippen molar-refractivity contribution in [3.05, 3.63) is 52.9 Å². The number of aryl methyl sites for hydroxylation is 1. The van der Waals surface area contributed by atoms with Crippen molar-refractivity contribution in [2.45, 2.75) is 50.7 Å². The van der Waals surface area contributed by atoms with Crippen molar-refractivity contribution in [1.82, 2.24) is 19.9 Å². The lowest BCUT2D eigenvalue weighted by Gasteiger charge is -2.24. The van der Waals surface area contributed by atoms with Gasteiger partial charge in [-0.05, 0) is 37.6 Å². The summed E-state index contributed by atoms with van der Waals surface area (Å²) in [5.41, 5.74) is 3.37. The second-order valence-corrected chi connectivity index (χ2v) is 8.13. The van der Waals surface area contributed by atoms with Crippen LogP contribution in [0.4, 0.5) is 4.39 Å². The van der Waals surface area contributed by atoms with Crippen LogP contribution >= 0.6 is 0 Å². The van der Waals surface area contributed by atoms with Crippen molar-refractivity contribution in [2.75, 3.05) is 6.54 Å². The topological polar surface area (TPSA) is 116 Å². The molecule has 1 aromatic carbocycles. The molecule has 1 saturated carbocycles. The Hall–Kier alpha value is -3.06. The van der Waals surface area contributed by atoms with Crippen LogP contribution in [0.5, 0.6) is 5.75 Å². The van der Waals surface area contributed by atoms with E-state index in [0.29, 0.717) is 34.6 Å². The summed E-state index contributed by atoms with van der Waals surface area (Å²) < 4.78 is 22.3. The highest BCUT2D eigenvalue weighted by Crippen LogP contribution is 2.38. The third kappa shape index (κ3) is 3.24. The summed E-state index contributed by atoms with van der Waals surface area (Å²) in [6.07, 6.45) is 0.628. The predicted molar refractivity (Wildman–Crippen MR) is 109 cm³/mol. The van der Waals surface area contributed by atoms with Gasteiger partial charge in [0.05, 0.1) is 28.8 Å². The van der Waals surface area contributed by atoms with Crippen molar-refractivity contribution in [1.29, 1.82) is 5.26 Å². The van der Waals surface area contributed by atoms with Crippen molar-refractivity contribution < 1.29 is 19.3 Å². The fraction of sp³-hybridized carbons (Fsp3) is 0.409. The Labute approximate surface area is 177 Å². The summed E-state index contributed by atoms with van der Waals surface area (Å²) in [4.78, 5) is 8.23. The quantitative estimate of drug-likeness (QED) is 0.585. The Bertz CT molecular complexity index is 1200. The zero-order valence-electron chi connectivity index (χ0n) is 16.9.